The highest BCUT2D eigenvalue weighted by Gasteiger charge is 2.42. The van der Waals surface area contributed by atoms with Crippen LogP contribution in [0.15, 0.2) is 0 Å². The summed E-state index contributed by atoms with van der Waals surface area (Å²) in [5, 5.41) is 5.38. The fourth-order valence-corrected chi connectivity index (χ4v) is 2.73. The lowest BCUT2D eigenvalue weighted by molar-refractivity contribution is -0.123. The summed E-state index contributed by atoms with van der Waals surface area (Å²) in [5.74, 6) is -3.02. The molecule has 1 saturated heterocycles. The van der Waals surface area contributed by atoms with Crippen LogP contribution >= 0.6 is 12.4 Å². The Hall–Kier alpha value is -0.420. The van der Waals surface area contributed by atoms with E-state index in [0.717, 1.165) is 12.8 Å². The lowest BCUT2D eigenvalue weighted by Gasteiger charge is -2.24. The highest BCUT2D eigenvalue weighted by Crippen LogP contribution is 2.36. The second-order valence-corrected chi connectivity index (χ2v) is 5.73. The third kappa shape index (κ3) is 3.79. The summed E-state index contributed by atoms with van der Waals surface area (Å²) in [7, 11) is 0. The van der Waals surface area contributed by atoms with Crippen LogP contribution in [0, 0.1) is 5.41 Å². The largest absolute Gasteiger partial charge is 0.354 e. The van der Waals surface area contributed by atoms with Gasteiger partial charge in [-0.15, -0.1) is 12.4 Å². The number of amides is 1. The summed E-state index contributed by atoms with van der Waals surface area (Å²) in [4.78, 5) is 11.7. The minimum absolute atomic E-state index is 0. The van der Waals surface area contributed by atoms with E-state index in [1.165, 1.54) is 12.8 Å². The summed E-state index contributed by atoms with van der Waals surface area (Å²) in [6, 6.07) is -0.727. The molecule has 2 fully saturated rings. The van der Waals surface area contributed by atoms with E-state index in [9.17, 15) is 13.6 Å². The highest BCUT2D eigenvalue weighted by atomic mass is 35.5. The molecule has 1 unspecified atom stereocenters. The van der Waals surface area contributed by atoms with Gasteiger partial charge in [-0.1, -0.05) is 19.8 Å². The maximum Gasteiger partial charge on any atom is 0.262 e. The van der Waals surface area contributed by atoms with Crippen LogP contribution in [-0.4, -0.2) is 31.0 Å². The van der Waals surface area contributed by atoms with E-state index in [0.29, 0.717) is 6.54 Å². The van der Waals surface area contributed by atoms with Crippen LogP contribution in [0.4, 0.5) is 8.78 Å². The highest BCUT2D eigenvalue weighted by molar-refractivity contribution is 5.85. The Labute approximate surface area is 112 Å². The Morgan fingerprint density at radius 2 is 2.00 bits per heavy atom. The molecule has 6 heteroatoms. The van der Waals surface area contributed by atoms with Gasteiger partial charge in [-0.3, -0.25) is 10.1 Å². The van der Waals surface area contributed by atoms with Crippen LogP contribution in [0.5, 0.6) is 0 Å². The van der Waals surface area contributed by atoms with Crippen molar-refractivity contribution in [3.8, 4) is 0 Å². The topological polar surface area (TPSA) is 41.1 Å². The predicted octanol–water partition coefficient (Wildman–Crippen LogP) is 2.10. The Morgan fingerprint density at radius 1 is 1.39 bits per heavy atom. The third-order valence-corrected chi connectivity index (χ3v) is 3.93. The molecule has 3 nitrogen and oxygen atoms in total. The average Bonchev–Trinajstić information content (AvgIpc) is 2.82. The van der Waals surface area contributed by atoms with Crippen molar-refractivity contribution in [1.29, 1.82) is 0 Å². The molecular weight excluding hydrogens is 262 g/mol. The van der Waals surface area contributed by atoms with Crippen molar-refractivity contribution in [3.05, 3.63) is 0 Å². The van der Waals surface area contributed by atoms with E-state index in [4.69, 9.17) is 0 Å². The van der Waals surface area contributed by atoms with Crippen LogP contribution in [0.1, 0.15) is 39.0 Å². The van der Waals surface area contributed by atoms with Gasteiger partial charge in [0, 0.05) is 13.0 Å². The van der Waals surface area contributed by atoms with Gasteiger partial charge in [0.2, 0.25) is 5.91 Å². The first kappa shape index (κ1) is 15.6. The molecule has 1 aliphatic heterocycles. The minimum atomic E-state index is -2.74. The van der Waals surface area contributed by atoms with Gasteiger partial charge in [-0.25, -0.2) is 8.78 Å². The number of halogens is 3. The minimum Gasteiger partial charge on any atom is -0.354 e. The molecule has 0 aromatic rings. The van der Waals surface area contributed by atoms with Crippen molar-refractivity contribution in [2.75, 3.05) is 13.1 Å². The van der Waals surface area contributed by atoms with Crippen LogP contribution in [0.25, 0.3) is 0 Å². The third-order valence-electron chi connectivity index (χ3n) is 3.93. The molecule has 2 aliphatic rings. The zero-order chi connectivity index (χ0) is 12.5. The molecule has 18 heavy (non-hydrogen) atoms. The van der Waals surface area contributed by atoms with Crippen molar-refractivity contribution < 1.29 is 13.6 Å². The van der Waals surface area contributed by atoms with Crippen LogP contribution in [-0.2, 0) is 4.79 Å². The van der Waals surface area contributed by atoms with E-state index in [2.05, 4.69) is 17.6 Å². The number of carbonyl (C=O) groups is 1. The van der Waals surface area contributed by atoms with Crippen molar-refractivity contribution in [2.24, 2.45) is 5.41 Å². The van der Waals surface area contributed by atoms with Gasteiger partial charge >= 0.3 is 0 Å². The molecule has 0 aromatic carbocycles. The zero-order valence-corrected chi connectivity index (χ0v) is 11.4. The summed E-state index contributed by atoms with van der Waals surface area (Å²) in [6.45, 7) is 2.37. The summed E-state index contributed by atoms with van der Waals surface area (Å²) < 4.78 is 25.9. The van der Waals surface area contributed by atoms with Gasteiger partial charge in [-0.2, -0.15) is 0 Å². The predicted molar refractivity (Wildman–Crippen MR) is 68.2 cm³/mol. The second kappa shape index (κ2) is 5.70. The van der Waals surface area contributed by atoms with E-state index in [1.807, 2.05) is 0 Å². The lowest BCUT2D eigenvalue weighted by Crippen LogP contribution is -2.44. The van der Waals surface area contributed by atoms with E-state index in [1.54, 1.807) is 0 Å². The number of hydrogen-bond donors (Lipinski definition) is 2. The number of alkyl halides is 2. The molecule has 0 spiro atoms. The van der Waals surface area contributed by atoms with Crippen molar-refractivity contribution in [3.63, 3.8) is 0 Å². The molecular formula is C12H21ClF2N2O. The summed E-state index contributed by atoms with van der Waals surface area (Å²) >= 11 is 0. The molecule has 2 N–H and O–H groups in total. The van der Waals surface area contributed by atoms with E-state index >= 15 is 0 Å². The van der Waals surface area contributed by atoms with Gasteiger partial charge in [0.15, 0.2) is 0 Å². The number of hydrogen-bond acceptors (Lipinski definition) is 2. The standard InChI is InChI=1S/C12H20F2N2O.ClH/c1-11(4-2-3-5-11)7-16-10(17)9-6-12(13,14)8-15-9;/h9,15H,2-8H2,1H3,(H,16,17);1H. The second-order valence-electron chi connectivity index (χ2n) is 5.73. The zero-order valence-electron chi connectivity index (χ0n) is 10.6. The van der Waals surface area contributed by atoms with Crippen LogP contribution in [0.3, 0.4) is 0 Å². The Bertz CT molecular complexity index is 306. The van der Waals surface area contributed by atoms with E-state index in [-0.39, 0.29) is 36.7 Å². The Kier molecular flexibility index (Phi) is 4.95. The maximum atomic E-state index is 12.9. The summed E-state index contributed by atoms with van der Waals surface area (Å²) in [6.07, 6.45) is 4.25. The van der Waals surface area contributed by atoms with Crippen LogP contribution in [0.2, 0.25) is 0 Å². The van der Waals surface area contributed by atoms with Gasteiger partial charge in [-0.05, 0) is 18.3 Å². The molecule has 2 rings (SSSR count). The van der Waals surface area contributed by atoms with E-state index < -0.39 is 12.0 Å². The van der Waals surface area contributed by atoms with Gasteiger partial charge in [0.1, 0.15) is 0 Å². The smallest absolute Gasteiger partial charge is 0.262 e. The average molecular weight is 283 g/mol. The number of rotatable bonds is 3. The molecule has 106 valence electrons. The molecule has 1 aliphatic carbocycles. The first-order chi connectivity index (χ1) is 7.90. The Morgan fingerprint density at radius 3 is 2.50 bits per heavy atom. The summed E-state index contributed by atoms with van der Waals surface area (Å²) in [5.41, 5.74) is 0.163. The van der Waals surface area contributed by atoms with Gasteiger partial charge in [0.25, 0.3) is 5.92 Å². The molecule has 1 heterocycles. The van der Waals surface area contributed by atoms with Gasteiger partial charge in [0.05, 0.1) is 12.6 Å². The molecule has 1 amide bonds. The molecule has 0 radical (unpaired) electrons. The van der Waals surface area contributed by atoms with Gasteiger partial charge < -0.3 is 5.32 Å². The molecule has 0 bridgehead atoms. The monoisotopic (exact) mass is 282 g/mol. The van der Waals surface area contributed by atoms with Crippen molar-refractivity contribution in [2.45, 2.75) is 51.0 Å². The first-order valence-corrected chi connectivity index (χ1v) is 6.29. The molecule has 1 atom stereocenters. The van der Waals surface area contributed by atoms with Crippen molar-refractivity contribution >= 4 is 18.3 Å². The first-order valence-electron chi connectivity index (χ1n) is 6.29. The number of nitrogens with one attached hydrogen (secondary N) is 2. The van der Waals surface area contributed by atoms with Crippen LogP contribution < -0.4 is 10.6 Å². The Balaban J connectivity index is 0.00000162. The molecule has 0 aromatic heterocycles. The fourth-order valence-electron chi connectivity index (χ4n) is 2.73. The molecule has 1 saturated carbocycles. The normalized spacial score (nSPS) is 28.7. The van der Waals surface area contributed by atoms with Crippen molar-refractivity contribution in [1.82, 2.24) is 10.6 Å². The quantitative estimate of drug-likeness (QED) is 0.832. The SMILES string of the molecule is CC1(CNC(=O)C2CC(F)(F)CN2)CCCC1.Cl. The lowest BCUT2D eigenvalue weighted by atomic mass is 9.89. The maximum absolute atomic E-state index is 12.9. The number of carbonyl (C=O) groups excluding carboxylic acids is 1. The fraction of sp³-hybridized carbons (Fsp3) is 0.917.